The summed E-state index contributed by atoms with van der Waals surface area (Å²) in [6.45, 7) is 0. The Labute approximate surface area is 41.2 Å². The van der Waals surface area contributed by atoms with Crippen molar-refractivity contribution in [2.75, 3.05) is 0 Å². The van der Waals surface area contributed by atoms with Crippen molar-refractivity contribution in [2.24, 2.45) is 30.8 Å². The van der Waals surface area contributed by atoms with Gasteiger partial charge in [-0.3, -0.25) is 30.8 Å². The van der Waals surface area contributed by atoms with Crippen molar-refractivity contribution in [2.45, 2.75) is 0 Å². The lowest BCUT2D eigenvalue weighted by atomic mass is 13.7. The predicted octanol–water partition coefficient (Wildman–Crippen LogP) is -2.90. The summed E-state index contributed by atoms with van der Waals surface area (Å²) < 4.78 is 0. The fourth-order valence-corrected chi connectivity index (χ4v) is 0. The molecule has 0 aromatic carbocycles. The Bertz CT molecular complexity index is 62.7. The molecule has 0 atom stereocenters. The van der Waals surface area contributed by atoms with Crippen LogP contribution in [0, 0.1) is 0 Å². The van der Waals surface area contributed by atoms with Gasteiger partial charge in [0.05, 0.1) is 0 Å². The zero-order valence-corrected chi connectivity index (χ0v) is 4.69. The molecule has 0 aromatic rings. The van der Waals surface area contributed by atoms with Gasteiger partial charge in [0, 0.05) is 0 Å². The van der Waals surface area contributed by atoms with E-state index in [0.29, 0.717) is 0 Å². The molecule has 0 aliphatic rings. The molecule has 7 heavy (non-hydrogen) atoms. The molecule has 0 fully saturated rings. The molecule has 12 N–H and O–H groups in total. The molecule has 0 unspecified atom stereocenters. The number of hydrogen-bond acceptors (Lipinski definition) is 6. The lowest BCUT2D eigenvalue weighted by Crippen LogP contribution is -2.77. The van der Waals surface area contributed by atoms with Crippen LogP contribution >= 0.6 is 9.41 Å². The van der Waals surface area contributed by atoms with Gasteiger partial charge in [0.15, 0.2) is 0 Å². The average Bonchev–Trinajstić information content (AvgIpc) is 0.592. The van der Waals surface area contributed by atoms with E-state index in [4.69, 9.17) is 30.8 Å². The van der Waals surface area contributed by atoms with E-state index in [1.54, 1.807) is 0 Å². The van der Waals surface area contributed by atoms with Crippen LogP contribution < -0.4 is 30.8 Å². The molecule has 0 amide bonds. The summed E-state index contributed by atoms with van der Waals surface area (Å²) in [4.78, 5) is 0. The second kappa shape index (κ2) is 0.699. The monoisotopic (exact) mass is 128 g/mol. The topological polar surface area (TPSA) is 156 Å². The molecular formula is H12N6S. The highest BCUT2D eigenvalue weighted by Crippen LogP contribution is 2.40. The van der Waals surface area contributed by atoms with Gasteiger partial charge in [0.25, 0.3) is 0 Å². The van der Waals surface area contributed by atoms with Crippen molar-refractivity contribution in [3.05, 3.63) is 0 Å². The summed E-state index contributed by atoms with van der Waals surface area (Å²) in [5.74, 6) is 0. The van der Waals surface area contributed by atoms with Crippen LogP contribution in [-0.4, -0.2) is 0 Å². The van der Waals surface area contributed by atoms with Crippen molar-refractivity contribution in [3.8, 4) is 0 Å². The van der Waals surface area contributed by atoms with Crippen LogP contribution in [0.5, 0.6) is 0 Å². The Morgan fingerprint density at radius 2 is 0.571 bits per heavy atom. The second-order valence-electron chi connectivity index (χ2n) is 2.04. The molecule has 0 aliphatic carbocycles. The minimum atomic E-state index is -4.47. The molecule has 0 saturated carbocycles. The van der Waals surface area contributed by atoms with Crippen LogP contribution in [0.3, 0.4) is 0 Å². The number of nitrogens with two attached hydrogens (primary N) is 6. The Balaban J connectivity index is 4.43. The zero-order valence-electron chi connectivity index (χ0n) is 3.87. The van der Waals surface area contributed by atoms with Gasteiger partial charge < -0.3 is 0 Å². The molecule has 0 bridgehead atoms. The summed E-state index contributed by atoms with van der Waals surface area (Å²) in [6, 6.07) is 0. The highest BCUT2D eigenvalue weighted by Gasteiger charge is 2.29. The maximum absolute atomic E-state index is 4.85. The Morgan fingerprint density at radius 1 is 0.571 bits per heavy atom. The molecule has 0 saturated heterocycles. The zero-order chi connectivity index (χ0) is 6.41. The van der Waals surface area contributed by atoms with Crippen LogP contribution in [0.15, 0.2) is 0 Å². The summed E-state index contributed by atoms with van der Waals surface area (Å²) >= 11 is 0. The summed E-state index contributed by atoms with van der Waals surface area (Å²) in [6.07, 6.45) is 0. The maximum atomic E-state index is 4.85. The fourth-order valence-electron chi connectivity index (χ4n) is 0. The maximum Gasteiger partial charge on any atom is -0.0616 e. The molecule has 0 heterocycles. The van der Waals surface area contributed by atoms with E-state index in [1.807, 2.05) is 0 Å². The van der Waals surface area contributed by atoms with Crippen LogP contribution in [0.25, 0.3) is 0 Å². The van der Waals surface area contributed by atoms with Gasteiger partial charge in [-0.15, -0.1) is 0 Å². The minimum Gasteiger partial charge on any atom is -0.259 e. The number of rotatable bonds is 0. The fraction of sp³-hybridized carbons (Fsp3) is 0. The summed E-state index contributed by atoms with van der Waals surface area (Å²) in [7, 11) is -4.47. The molecule has 0 rings (SSSR count). The van der Waals surface area contributed by atoms with Crippen molar-refractivity contribution in [1.82, 2.24) is 0 Å². The van der Waals surface area contributed by atoms with Crippen molar-refractivity contribution >= 4 is 9.41 Å². The second-order valence-corrected chi connectivity index (χ2v) is 6.12. The van der Waals surface area contributed by atoms with E-state index in [9.17, 15) is 0 Å². The minimum absolute atomic E-state index is 4.47. The molecule has 0 aromatic heterocycles. The van der Waals surface area contributed by atoms with Crippen LogP contribution in [0.4, 0.5) is 0 Å². The average molecular weight is 128 g/mol. The molecule has 7 heteroatoms. The van der Waals surface area contributed by atoms with Crippen molar-refractivity contribution < 1.29 is 0 Å². The molecule has 48 valence electrons. The van der Waals surface area contributed by atoms with E-state index >= 15 is 0 Å². The molecule has 0 radical (unpaired) electrons. The molecule has 0 spiro atoms. The van der Waals surface area contributed by atoms with Gasteiger partial charge in [-0.1, -0.05) is 9.41 Å². The summed E-state index contributed by atoms with van der Waals surface area (Å²) in [5, 5.41) is 29.1. The highest BCUT2D eigenvalue weighted by atomic mass is 32.4. The standard InChI is InChI=1S/H12N6S/c1-7(2,3,4,5)6/h1-6H2. The van der Waals surface area contributed by atoms with E-state index in [1.165, 1.54) is 0 Å². The molecule has 6 nitrogen and oxygen atoms in total. The first-order valence-electron chi connectivity index (χ1n) is 1.41. The van der Waals surface area contributed by atoms with Crippen LogP contribution in [0.1, 0.15) is 0 Å². The molecule has 0 aliphatic heterocycles. The third kappa shape index (κ3) is 8530. The van der Waals surface area contributed by atoms with Gasteiger partial charge in [-0.25, -0.2) is 0 Å². The lowest BCUT2D eigenvalue weighted by molar-refractivity contribution is 1.31. The number of hydrogen-bond donors (Lipinski definition) is 6. The first kappa shape index (κ1) is 7.11. The van der Waals surface area contributed by atoms with Gasteiger partial charge in [-0.2, -0.15) is 0 Å². The third-order valence-electron chi connectivity index (χ3n) is 0. The van der Waals surface area contributed by atoms with Crippen LogP contribution in [0.2, 0.25) is 0 Å². The summed E-state index contributed by atoms with van der Waals surface area (Å²) in [5.41, 5.74) is 0. The van der Waals surface area contributed by atoms with Crippen molar-refractivity contribution in [3.63, 3.8) is 0 Å². The van der Waals surface area contributed by atoms with E-state index in [2.05, 4.69) is 0 Å². The van der Waals surface area contributed by atoms with E-state index < -0.39 is 9.41 Å². The predicted molar refractivity (Wildman–Crippen MR) is 32.7 cm³/mol. The van der Waals surface area contributed by atoms with Gasteiger partial charge >= 0.3 is 0 Å². The SMILES string of the molecule is NS(N)(N)(N)(N)N. The molecular weight excluding hydrogens is 116 g/mol. The van der Waals surface area contributed by atoms with Gasteiger partial charge in [0.2, 0.25) is 0 Å². The van der Waals surface area contributed by atoms with Gasteiger partial charge in [0.1, 0.15) is 0 Å². The van der Waals surface area contributed by atoms with Gasteiger partial charge in [-0.05, 0) is 0 Å². The van der Waals surface area contributed by atoms with E-state index in [-0.39, 0.29) is 0 Å². The van der Waals surface area contributed by atoms with E-state index in [0.717, 1.165) is 0 Å². The smallest absolute Gasteiger partial charge is 0.0616 e. The first-order chi connectivity index (χ1) is 2.45. The third-order valence-corrected chi connectivity index (χ3v) is 0. The normalized spacial score (nSPS) is 23.1. The largest absolute Gasteiger partial charge is 0.259 e. The quantitative estimate of drug-likeness (QED) is 0.205. The Kier molecular flexibility index (Phi) is 0.710. The Hall–Kier alpha value is 0.110. The Morgan fingerprint density at radius 3 is 0.571 bits per heavy atom. The lowest BCUT2D eigenvalue weighted by Gasteiger charge is -2.61. The van der Waals surface area contributed by atoms with Crippen molar-refractivity contribution in [1.29, 1.82) is 0 Å². The highest BCUT2D eigenvalue weighted by molar-refractivity contribution is 8.55. The van der Waals surface area contributed by atoms with Crippen LogP contribution in [-0.2, 0) is 0 Å². The first-order valence-corrected chi connectivity index (χ1v) is 4.24.